The van der Waals surface area contributed by atoms with Gasteiger partial charge >= 0.3 is 5.97 Å². The molecule has 94 valence electrons. The monoisotopic (exact) mass is 236 g/mol. The molecule has 1 rings (SSSR count). The van der Waals surface area contributed by atoms with Gasteiger partial charge in [0.25, 0.3) is 0 Å². The Morgan fingerprint density at radius 3 is 2.65 bits per heavy atom. The molecule has 0 heterocycles. The van der Waals surface area contributed by atoms with Crippen LogP contribution in [-0.2, 0) is 11.2 Å². The molecular weight excluding hydrogens is 216 g/mol. The van der Waals surface area contributed by atoms with E-state index in [1.807, 2.05) is 23.1 Å². The molecule has 0 aromatic heterocycles. The SMILES string of the molecule is CCc1ccccc1N(CCN)CCC(=O)O. The quantitative estimate of drug-likeness (QED) is 0.752. The summed E-state index contributed by atoms with van der Waals surface area (Å²) in [5.41, 5.74) is 7.90. The van der Waals surface area contributed by atoms with Gasteiger partial charge in [-0.25, -0.2) is 0 Å². The van der Waals surface area contributed by atoms with Crippen LogP contribution in [0.3, 0.4) is 0 Å². The van der Waals surface area contributed by atoms with Gasteiger partial charge in [-0.3, -0.25) is 4.79 Å². The maximum absolute atomic E-state index is 10.6. The van der Waals surface area contributed by atoms with E-state index in [4.69, 9.17) is 10.8 Å². The number of aryl methyl sites for hydroxylation is 1. The Labute approximate surface area is 102 Å². The Kier molecular flexibility index (Phi) is 5.49. The molecule has 4 nitrogen and oxygen atoms in total. The number of nitrogens with two attached hydrogens (primary N) is 1. The minimum atomic E-state index is -0.777. The van der Waals surface area contributed by atoms with Gasteiger partial charge in [-0.1, -0.05) is 25.1 Å². The molecule has 0 aliphatic carbocycles. The average Bonchev–Trinajstić information content (AvgIpc) is 2.34. The second-order valence-electron chi connectivity index (χ2n) is 3.90. The van der Waals surface area contributed by atoms with E-state index in [1.54, 1.807) is 0 Å². The Morgan fingerprint density at radius 2 is 2.06 bits per heavy atom. The Bertz CT molecular complexity index is 366. The topological polar surface area (TPSA) is 66.6 Å². The number of carbonyl (C=O) groups is 1. The number of para-hydroxylation sites is 1. The van der Waals surface area contributed by atoms with Gasteiger partial charge in [-0.15, -0.1) is 0 Å². The zero-order valence-electron chi connectivity index (χ0n) is 10.2. The summed E-state index contributed by atoms with van der Waals surface area (Å²) < 4.78 is 0. The number of aliphatic carboxylic acids is 1. The summed E-state index contributed by atoms with van der Waals surface area (Å²) in [6, 6.07) is 8.06. The van der Waals surface area contributed by atoms with Gasteiger partial charge in [0, 0.05) is 25.3 Å². The third-order valence-corrected chi connectivity index (χ3v) is 2.71. The van der Waals surface area contributed by atoms with Crippen LogP contribution in [0.15, 0.2) is 24.3 Å². The lowest BCUT2D eigenvalue weighted by molar-refractivity contribution is -0.136. The van der Waals surface area contributed by atoms with Crippen molar-refractivity contribution < 1.29 is 9.90 Å². The van der Waals surface area contributed by atoms with Crippen LogP contribution in [0.25, 0.3) is 0 Å². The number of hydrogen-bond donors (Lipinski definition) is 2. The summed E-state index contributed by atoms with van der Waals surface area (Å²) in [6.45, 7) is 3.81. The molecule has 1 aromatic rings. The lowest BCUT2D eigenvalue weighted by Crippen LogP contribution is -2.32. The lowest BCUT2D eigenvalue weighted by Gasteiger charge is -2.25. The van der Waals surface area contributed by atoms with Gasteiger partial charge in [0.15, 0.2) is 0 Å². The summed E-state index contributed by atoms with van der Waals surface area (Å²) in [7, 11) is 0. The largest absolute Gasteiger partial charge is 0.481 e. The molecule has 3 N–H and O–H groups in total. The minimum Gasteiger partial charge on any atom is -0.481 e. The van der Waals surface area contributed by atoms with Crippen molar-refractivity contribution in [1.82, 2.24) is 0 Å². The molecule has 1 aromatic carbocycles. The van der Waals surface area contributed by atoms with Crippen molar-refractivity contribution in [3.05, 3.63) is 29.8 Å². The normalized spacial score (nSPS) is 10.2. The molecular formula is C13H20N2O2. The molecule has 0 aliphatic heterocycles. The van der Waals surface area contributed by atoms with E-state index in [0.29, 0.717) is 19.6 Å². The number of benzene rings is 1. The van der Waals surface area contributed by atoms with Gasteiger partial charge in [0.05, 0.1) is 6.42 Å². The second kappa shape index (κ2) is 6.91. The molecule has 0 saturated heterocycles. The molecule has 0 saturated carbocycles. The molecule has 0 bridgehead atoms. The highest BCUT2D eigenvalue weighted by Crippen LogP contribution is 2.20. The molecule has 0 radical (unpaired) electrons. The summed E-state index contributed by atoms with van der Waals surface area (Å²) in [5.74, 6) is -0.777. The van der Waals surface area contributed by atoms with E-state index in [1.165, 1.54) is 5.56 Å². The van der Waals surface area contributed by atoms with Crippen molar-refractivity contribution in [3.63, 3.8) is 0 Å². The van der Waals surface area contributed by atoms with Gasteiger partial charge in [0.2, 0.25) is 0 Å². The van der Waals surface area contributed by atoms with Crippen molar-refractivity contribution in [3.8, 4) is 0 Å². The third kappa shape index (κ3) is 4.07. The summed E-state index contributed by atoms with van der Waals surface area (Å²) in [6.07, 6.45) is 1.07. The standard InChI is InChI=1S/C13H20N2O2/c1-2-11-5-3-4-6-12(11)15(10-8-14)9-7-13(16)17/h3-6H,2,7-10,14H2,1H3,(H,16,17). The summed E-state index contributed by atoms with van der Waals surface area (Å²) >= 11 is 0. The van der Waals surface area contributed by atoms with Crippen LogP contribution in [0.2, 0.25) is 0 Å². The lowest BCUT2D eigenvalue weighted by atomic mass is 10.1. The first-order chi connectivity index (χ1) is 8.19. The Morgan fingerprint density at radius 1 is 1.35 bits per heavy atom. The molecule has 17 heavy (non-hydrogen) atoms. The van der Waals surface area contributed by atoms with Crippen molar-refractivity contribution in [2.24, 2.45) is 5.73 Å². The molecule has 0 amide bonds. The molecule has 0 aliphatic rings. The van der Waals surface area contributed by atoms with Crippen molar-refractivity contribution >= 4 is 11.7 Å². The minimum absolute atomic E-state index is 0.137. The fraction of sp³-hybridized carbons (Fsp3) is 0.462. The highest BCUT2D eigenvalue weighted by atomic mass is 16.4. The average molecular weight is 236 g/mol. The molecule has 0 fully saturated rings. The van der Waals surface area contributed by atoms with Gasteiger partial charge < -0.3 is 15.7 Å². The third-order valence-electron chi connectivity index (χ3n) is 2.71. The molecule has 4 heteroatoms. The van der Waals surface area contributed by atoms with Crippen molar-refractivity contribution in [2.45, 2.75) is 19.8 Å². The Hall–Kier alpha value is -1.55. The van der Waals surface area contributed by atoms with Crippen molar-refractivity contribution in [2.75, 3.05) is 24.5 Å². The predicted octanol–water partition coefficient (Wildman–Crippen LogP) is 1.49. The first kappa shape index (κ1) is 13.5. The maximum atomic E-state index is 10.6. The predicted molar refractivity (Wildman–Crippen MR) is 69.3 cm³/mol. The van der Waals surface area contributed by atoms with Gasteiger partial charge in [-0.05, 0) is 18.1 Å². The van der Waals surface area contributed by atoms with E-state index < -0.39 is 5.97 Å². The molecule has 0 spiro atoms. The van der Waals surface area contributed by atoms with E-state index in [-0.39, 0.29) is 6.42 Å². The van der Waals surface area contributed by atoms with Crippen LogP contribution in [0.1, 0.15) is 18.9 Å². The molecule has 0 unspecified atom stereocenters. The van der Waals surface area contributed by atoms with Crippen LogP contribution in [0.5, 0.6) is 0 Å². The highest BCUT2D eigenvalue weighted by molar-refractivity contribution is 5.68. The molecule has 0 atom stereocenters. The van der Waals surface area contributed by atoms with Crippen LogP contribution in [-0.4, -0.2) is 30.7 Å². The van der Waals surface area contributed by atoms with Crippen LogP contribution in [0, 0.1) is 0 Å². The number of nitrogens with zero attached hydrogens (tertiary/aromatic N) is 1. The first-order valence-corrected chi connectivity index (χ1v) is 5.93. The van der Waals surface area contributed by atoms with Crippen molar-refractivity contribution in [1.29, 1.82) is 0 Å². The van der Waals surface area contributed by atoms with Gasteiger partial charge in [-0.2, -0.15) is 0 Å². The number of carboxylic acids is 1. The number of hydrogen-bond acceptors (Lipinski definition) is 3. The van der Waals surface area contributed by atoms with E-state index in [0.717, 1.165) is 12.1 Å². The smallest absolute Gasteiger partial charge is 0.305 e. The van der Waals surface area contributed by atoms with E-state index >= 15 is 0 Å². The van der Waals surface area contributed by atoms with E-state index in [2.05, 4.69) is 13.0 Å². The fourth-order valence-corrected chi connectivity index (χ4v) is 1.86. The number of rotatable bonds is 7. The van der Waals surface area contributed by atoms with Crippen LogP contribution < -0.4 is 10.6 Å². The summed E-state index contributed by atoms with van der Waals surface area (Å²) in [5, 5.41) is 8.75. The Balaban J connectivity index is 2.84. The zero-order valence-corrected chi connectivity index (χ0v) is 10.2. The first-order valence-electron chi connectivity index (χ1n) is 5.93. The van der Waals surface area contributed by atoms with Crippen LogP contribution in [0.4, 0.5) is 5.69 Å². The number of anilines is 1. The van der Waals surface area contributed by atoms with Crippen LogP contribution >= 0.6 is 0 Å². The van der Waals surface area contributed by atoms with E-state index in [9.17, 15) is 4.79 Å². The van der Waals surface area contributed by atoms with Gasteiger partial charge in [0.1, 0.15) is 0 Å². The zero-order chi connectivity index (χ0) is 12.7. The highest BCUT2D eigenvalue weighted by Gasteiger charge is 2.10. The number of carboxylic acid groups (broad SMARTS) is 1. The second-order valence-corrected chi connectivity index (χ2v) is 3.90. The fourth-order valence-electron chi connectivity index (χ4n) is 1.86. The maximum Gasteiger partial charge on any atom is 0.305 e. The summed E-state index contributed by atoms with van der Waals surface area (Å²) in [4.78, 5) is 12.7.